The molecule has 0 radical (unpaired) electrons. The van der Waals surface area contributed by atoms with E-state index in [2.05, 4.69) is 133 Å². The summed E-state index contributed by atoms with van der Waals surface area (Å²) < 4.78 is 20.8. The molecule has 0 saturated carbocycles. The van der Waals surface area contributed by atoms with Crippen LogP contribution in [-0.2, 0) is 24.0 Å². The van der Waals surface area contributed by atoms with Crippen molar-refractivity contribution in [3.8, 4) is 22.8 Å². The maximum atomic E-state index is 11.4. The number of ether oxygens (including phenoxy) is 2. The van der Waals surface area contributed by atoms with E-state index in [1.807, 2.05) is 119 Å². The maximum Gasteiger partial charge on any atom is 0.217 e. The van der Waals surface area contributed by atoms with Crippen molar-refractivity contribution >= 4 is 161 Å². The van der Waals surface area contributed by atoms with Crippen LogP contribution in [0.25, 0.3) is 39.5 Å². The summed E-state index contributed by atoms with van der Waals surface area (Å²) in [7, 11) is 3.25. The van der Waals surface area contributed by atoms with Gasteiger partial charge in [0.1, 0.15) is 3.70 Å². The monoisotopic (exact) mass is 1820 g/mol. The molecular formula is C79H105Cl5IN25O7. The van der Waals surface area contributed by atoms with Gasteiger partial charge < -0.3 is 61.0 Å². The Morgan fingerprint density at radius 3 is 1.24 bits per heavy atom. The Morgan fingerprint density at radius 1 is 0.444 bits per heavy atom. The van der Waals surface area contributed by atoms with E-state index in [9.17, 15) is 24.0 Å². The Labute approximate surface area is 719 Å². The standard InChI is InChI=1S/C22H27N5O3.C14H18IN5O.C14H19N5O.C13H16ClN5O.C7H5Cl2N3.C6H12N2O.C2H6.CH2Cl2/c1-13-10-18(26-9-8-17(12-26)24-15(3)28)22-23-14(2)21(27(22)25-13)16-6-7-19(29-4)20(11-16)30-5;1-8-6-12(14-16-9(2)13(15)20(14)18-8)19-5-4-11(7-19)17-10(3)21;1-9-6-13(14-15-10(2)7-19(14)17-9)18-5-4-12(8-18)16-11(3)20;1-8-6-19-13(15-8)11(5-12(14)17-19)18-4-3-10(7-18)16-9(2)20;1-4-3-12-7(10-4)5(8)2-6(9)11-12;1-5(9)8-6-2-3-7-4-6;1-2;2-1-3/h6-7,10-11,17H,8-9,12H2,1-5H3,(H,24,28);6,11H,4-5,7H2,1-3H3,(H,17,21);6-7,12H,4-5,8H2,1-3H3,(H,16,20);5-6,10H,3-4,7H2,1-2H3,(H,16,20);2-3H,1H3;6-7H,2-4H2,1H3,(H,8,9);1-2H3;1H2/t17-;11-;12-;10-;;6-;;/m0000.0../s1. The molecular weight excluding hydrogens is 1720 g/mol. The number of nitrogens with one attached hydrogen (secondary N) is 6. The summed E-state index contributed by atoms with van der Waals surface area (Å²) >= 11 is 29.4. The van der Waals surface area contributed by atoms with Crippen molar-refractivity contribution in [1.29, 1.82) is 0 Å². The molecule has 0 bridgehead atoms. The molecule has 5 fully saturated rings. The van der Waals surface area contributed by atoms with Gasteiger partial charge in [-0.1, -0.05) is 48.7 Å². The van der Waals surface area contributed by atoms with Crippen molar-refractivity contribution < 1.29 is 33.4 Å². The van der Waals surface area contributed by atoms with Crippen LogP contribution in [-0.4, -0.2) is 218 Å². The Balaban J connectivity index is 0.000000163. The highest BCUT2D eigenvalue weighted by atomic mass is 127. The van der Waals surface area contributed by atoms with E-state index in [0.29, 0.717) is 38.5 Å². The number of alkyl halides is 2. The van der Waals surface area contributed by atoms with Crippen LogP contribution in [0.5, 0.6) is 11.5 Å². The molecule has 15 heterocycles. The van der Waals surface area contributed by atoms with E-state index in [-0.39, 0.29) is 59.0 Å². The molecule has 5 amide bonds. The van der Waals surface area contributed by atoms with E-state index >= 15 is 0 Å². The fourth-order valence-corrected chi connectivity index (χ4v) is 15.7. The molecule has 11 aromatic rings. The van der Waals surface area contributed by atoms with Gasteiger partial charge in [0.15, 0.2) is 50.0 Å². The molecule has 1 aromatic carbocycles. The maximum absolute atomic E-state index is 11.4. The minimum Gasteiger partial charge on any atom is -0.493 e. The molecule has 117 heavy (non-hydrogen) atoms. The molecule has 5 atom stereocenters. The van der Waals surface area contributed by atoms with Gasteiger partial charge in [-0.3, -0.25) is 24.0 Å². The zero-order chi connectivity index (χ0) is 85.2. The average Bonchev–Trinajstić information content (AvgIpc) is 1.63. The number of fused-ring (bicyclic) bond motifs is 5. The van der Waals surface area contributed by atoms with Gasteiger partial charge in [-0.25, -0.2) is 47.5 Å². The first-order chi connectivity index (χ1) is 55.8. The first-order valence-corrected chi connectivity index (χ1v) is 41.9. The van der Waals surface area contributed by atoms with E-state index in [4.69, 9.17) is 77.6 Å². The zero-order valence-electron chi connectivity index (χ0n) is 69.2. The third-order valence-corrected chi connectivity index (χ3v) is 21.0. The summed E-state index contributed by atoms with van der Waals surface area (Å²) in [6, 6.07) is 16.6. The first-order valence-electron chi connectivity index (χ1n) is 38.6. The molecule has 0 spiro atoms. The van der Waals surface area contributed by atoms with Gasteiger partial charge in [0, 0.05) is 135 Å². The van der Waals surface area contributed by atoms with Crippen LogP contribution in [0.4, 0.5) is 22.7 Å². The molecule has 0 aliphatic carbocycles. The molecule has 16 rings (SSSR count). The zero-order valence-corrected chi connectivity index (χ0v) is 75.1. The molecule has 5 aliphatic heterocycles. The van der Waals surface area contributed by atoms with E-state index in [0.717, 1.165) is 203 Å². The number of hydrogen-bond donors (Lipinski definition) is 6. The number of anilines is 4. The lowest BCUT2D eigenvalue weighted by Gasteiger charge is -2.20. The van der Waals surface area contributed by atoms with Gasteiger partial charge in [-0.15, -0.1) is 23.2 Å². The molecule has 10 aromatic heterocycles. The summed E-state index contributed by atoms with van der Waals surface area (Å²) in [5.74, 6) is 1.49. The van der Waals surface area contributed by atoms with E-state index in [1.54, 1.807) is 70.1 Å². The summed E-state index contributed by atoms with van der Waals surface area (Å²) in [6.45, 7) is 36.2. The fraction of sp³-hybridized carbons (Fsp3) is 0.481. The number of nitrogens with zero attached hydrogens (tertiary/aromatic N) is 19. The number of halogens is 6. The molecule has 0 unspecified atom stereocenters. The highest BCUT2D eigenvalue weighted by Crippen LogP contribution is 2.37. The van der Waals surface area contributed by atoms with Crippen molar-refractivity contribution in [3.05, 3.63) is 132 Å². The molecule has 32 nitrogen and oxygen atoms in total. The number of imidazole rings is 5. The number of methoxy groups -OCH3 is 2. The van der Waals surface area contributed by atoms with E-state index in [1.165, 1.54) is 0 Å². The van der Waals surface area contributed by atoms with Gasteiger partial charge >= 0.3 is 0 Å². The molecule has 630 valence electrons. The van der Waals surface area contributed by atoms with Crippen LogP contribution in [0, 0.1) is 59.1 Å². The first kappa shape index (κ1) is 91.5. The largest absolute Gasteiger partial charge is 0.493 e. The van der Waals surface area contributed by atoms with Crippen LogP contribution in [0.15, 0.2) is 67.1 Å². The van der Waals surface area contributed by atoms with Crippen molar-refractivity contribution in [2.45, 2.75) is 166 Å². The lowest BCUT2D eigenvalue weighted by Crippen LogP contribution is -2.35. The van der Waals surface area contributed by atoms with E-state index < -0.39 is 0 Å². The molecule has 5 aliphatic rings. The Kier molecular flexibility index (Phi) is 33.1. The number of carbonyl (C=O) groups is 5. The Bertz CT molecular complexity index is 5180. The number of amides is 5. The second-order valence-corrected chi connectivity index (χ2v) is 31.7. The predicted molar refractivity (Wildman–Crippen MR) is 470 cm³/mol. The highest BCUT2D eigenvalue weighted by molar-refractivity contribution is 14.1. The number of aryl methyl sites for hydroxylation is 8. The lowest BCUT2D eigenvalue weighted by atomic mass is 10.1. The quantitative estimate of drug-likeness (QED) is 0.0489. The van der Waals surface area contributed by atoms with Crippen molar-refractivity contribution in [2.75, 3.05) is 105 Å². The topological polar surface area (TPSA) is 340 Å². The minimum atomic E-state index is 0.00491. The smallest absolute Gasteiger partial charge is 0.217 e. The third kappa shape index (κ3) is 24.4. The summed E-state index contributed by atoms with van der Waals surface area (Å²) in [5, 5.41) is 41.4. The van der Waals surface area contributed by atoms with Crippen molar-refractivity contribution in [2.24, 2.45) is 0 Å². The van der Waals surface area contributed by atoms with Gasteiger partial charge in [0.25, 0.3) is 0 Å². The second-order valence-electron chi connectivity index (χ2n) is 28.7. The third-order valence-electron chi connectivity index (χ3n) is 19.1. The normalized spacial score (nSPS) is 17.2. The van der Waals surface area contributed by atoms with Crippen LogP contribution in [0.1, 0.15) is 126 Å². The SMILES string of the molecule is CC.CC(=O)N[C@H]1CCN(c2cc(C)nn3c(I)c(C)nc23)C1.CC(=O)N[C@H]1CCN(c2cc(C)nn3cc(C)nc23)C1.CC(=O)N[C@H]1CCN(c2cc(Cl)nn3cc(C)nc23)C1.CC(=O)N[C@H]1CCNC1.COc1ccc(-c2c(C)nc3c(N4CC[C@H](NC(C)=O)C4)cc(C)nn23)cc1OC.Cc1cn2nc(Cl)cc(Cl)c2n1.ClCCl. The number of rotatable bonds is 12. The van der Waals surface area contributed by atoms with Crippen LogP contribution in [0.3, 0.4) is 0 Å². The second kappa shape index (κ2) is 42.3. The number of carbonyl (C=O) groups excluding carboxylic acids is 5. The Morgan fingerprint density at radius 2 is 0.812 bits per heavy atom. The summed E-state index contributed by atoms with van der Waals surface area (Å²) in [4.78, 5) is 87.1. The summed E-state index contributed by atoms with van der Waals surface area (Å²) in [5.41, 5.74) is 17.5. The molecule has 5 saturated heterocycles. The predicted octanol–water partition coefficient (Wildman–Crippen LogP) is 11.2. The van der Waals surface area contributed by atoms with Crippen molar-refractivity contribution in [3.63, 3.8) is 0 Å². The number of benzene rings is 1. The lowest BCUT2D eigenvalue weighted by molar-refractivity contribution is -0.120. The average molecular weight is 1820 g/mol. The van der Waals surface area contributed by atoms with Crippen molar-refractivity contribution in [1.82, 2.24) is 105 Å². The van der Waals surface area contributed by atoms with Crippen LogP contribution in [0.2, 0.25) is 15.3 Å². The van der Waals surface area contributed by atoms with Crippen LogP contribution >= 0.6 is 80.6 Å². The van der Waals surface area contributed by atoms with Gasteiger partial charge in [0.05, 0.1) is 117 Å². The highest BCUT2D eigenvalue weighted by Gasteiger charge is 2.31. The van der Waals surface area contributed by atoms with Crippen LogP contribution < -0.4 is 61.0 Å². The molecule has 38 heteroatoms. The number of hydrogen-bond acceptors (Lipinski definition) is 22. The van der Waals surface area contributed by atoms with Gasteiger partial charge in [-0.05, 0) is 159 Å². The minimum absolute atomic E-state index is 0.00491. The van der Waals surface area contributed by atoms with Gasteiger partial charge in [-0.2, -0.15) is 25.5 Å². The molecule has 6 N–H and O–H groups in total. The Hall–Kier alpha value is -9.39. The fourth-order valence-electron chi connectivity index (χ4n) is 14.6. The summed E-state index contributed by atoms with van der Waals surface area (Å²) in [6.07, 6.45) is 10.4. The number of aromatic nitrogens is 15. The van der Waals surface area contributed by atoms with Gasteiger partial charge in [0.2, 0.25) is 29.5 Å².